The maximum atomic E-state index is 11.7. The van der Waals surface area contributed by atoms with Crippen LogP contribution in [0.1, 0.15) is 37.7 Å². The van der Waals surface area contributed by atoms with Crippen LogP contribution in [0.4, 0.5) is 0 Å². The Balaban J connectivity index is 1.47. The van der Waals surface area contributed by atoms with Crippen LogP contribution in [0.3, 0.4) is 0 Å². The molecule has 0 aliphatic carbocycles. The van der Waals surface area contributed by atoms with Gasteiger partial charge >= 0.3 is 0 Å². The van der Waals surface area contributed by atoms with Gasteiger partial charge in [0.05, 0.1) is 0 Å². The number of unbranched alkanes of at least 4 members (excludes halogenated alkanes) is 3. The van der Waals surface area contributed by atoms with Crippen LogP contribution >= 0.6 is 0 Å². The van der Waals surface area contributed by atoms with Crippen molar-refractivity contribution in [2.24, 2.45) is 0 Å². The summed E-state index contributed by atoms with van der Waals surface area (Å²) in [6.07, 6.45) is 9.29. The minimum Gasteiger partial charge on any atom is -0.354 e. The van der Waals surface area contributed by atoms with Crippen molar-refractivity contribution >= 4 is 5.91 Å². The minimum atomic E-state index is 0.157. The van der Waals surface area contributed by atoms with Gasteiger partial charge in [0, 0.05) is 31.9 Å². The normalized spacial score (nSPS) is 10.5. The second kappa shape index (κ2) is 9.01. The Morgan fingerprint density at radius 2 is 1.62 bits per heavy atom. The van der Waals surface area contributed by atoms with Gasteiger partial charge in [0.2, 0.25) is 5.91 Å². The van der Waals surface area contributed by atoms with Gasteiger partial charge < -0.3 is 9.88 Å². The Bertz CT molecular complexity index is 505. The van der Waals surface area contributed by atoms with E-state index < -0.39 is 0 Å². The highest BCUT2D eigenvalue weighted by atomic mass is 16.1. The SMILES string of the molecule is O=C(CCCCCCn1cccc1)NCc1ccccc1. The van der Waals surface area contributed by atoms with Crippen molar-refractivity contribution in [1.29, 1.82) is 0 Å². The summed E-state index contributed by atoms with van der Waals surface area (Å²) < 4.78 is 2.20. The third-order valence-electron chi connectivity index (χ3n) is 3.57. The fourth-order valence-corrected chi connectivity index (χ4v) is 2.34. The fraction of sp³-hybridized carbons (Fsp3) is 0.389. The molecule has 0 aliphatic rings. The molecule has 1 heterocycles. The van der Waals surface area contributed by atoms with E-state index in [-0.39, 0.29) is 5.91 Å². The van der Waals surface area contributed by atoms with Crippen molar-refractivity contribution in [3.05, 3.63) is 60.4 Å². The smallest absolute Gasteiger partial charge is 0.220 e. The lowest BCUT2D eigenvalue weighted by Gasteiger charge is -2.06. The van der Waals surface area contributed by atoms with Gasteiger partial charge in [0.15, 0.2) is 0 Å². The van der Waals surface area contributed by atoms with E-state index in [4.69, 9.17) is 0 Å². The lowest BCUT2D eigenvalue weighted by atomic mass is 10.1. The van der Waals surface area contributed by atoms with Gasteiger partial charge in [-0.1, -0.05) is 43.2 Å². The first kappa shape index (κ1) is 15.4. The molecule has 0 spiro atoms. The van der Waals surface area contributed by atoms with E-state index in [1.165, 1.54) is 12.8 Å². The van der Waals surface area contributed by atoms with E-state index in [1.54, 1.807) is 0 Å². The number of carbonyl (C=O) groups is 1. The Morgan fingerprint density at radius 3 is 2.38 bits per heavy atom. The van der Waals surface area contributed by atoms with Crippen molar-refractivity contribution < 1.29 is 4.79 Å². The number of amides is 1. The molecule has 3 heteroatoms. The summed E-state index contributed by atoms with van der Waals surface area (Å²) in [4.78, 5) is 11.7. The number of hydrogen-bond donors (Lipinski definition) is 1. The predicted molar refractivity (Wildman–Crippen MR) is 85.8 cm³/mol. The maximum absolute atomic E-state index is 11.7. The van der Waals surface area contributed by atoms with Crippen molar-refractivity contribution in [2.45, 2.75) is 45.2 Å². The van der Waals surface area contributed by atoms with Crippen LogP contribution in [0.25, 0.3) is 0 Å². The molecule has 2 rings (SSSR count). The van der Waals surface area contributed by atoms with E-state index in [1.807, 2.05) is 30.3 Å². The van der Waals surface area contributed by atoms with Crippen LogP contribution < -0.4 is 5.32 Å². The molecular formula is C18H24N2O. The highest BCUT2D eigenvalue weighted by Crippen LogP contribution is 2.05. The van der Waals surface area contributed by atoms with E-state index >= 15 is 0 Å². The Kier molecular flexibility index (Phi) is 6.59. The van der Waals surface area contributed by atoms with Crippen molar-refractivity contribution in [1.82, 2.24) is 9.88 Å². The number of aryl methyl sites for hydroxylation is 1. The van der Waals surface area contributed by atoms with Crippen LogP contribution in [0.5, 0.6) is 0 Å². The number of hydrogen-bond acceptors (Lipinski definition) is 1. The second-order valence-electron chi connectivity index (χ2n) is 5.35. The summed E-state index contributed by atoms with van der Waals surface area (Å²) in [5.41, 5.74) is 1.15. The molecular weight excluding hydrogens is 260 g/mol. The first-order chi connectivity index (χ1) is 10.3. The number of benzene rings is 1. The molecule has 0 atom stereocenters. The molecule has 2 aromatic rings. The van der Waals surface area contributed by atoms with Gasteiger partial charge in [-0.3, -0.25) is 4.79 Å². The van der Waals surface area contributed by atoms with Crippen LogP contribution in [0.2, 0.25) is 0 Å². The highest BCUT2D eigenvalue weighted by molar-refractivity contribution is 5.75. The first-order valence-corrected chi connectivity index (χ1v) is 7.76. The van der Waals surface area contributed by atoms with Crippen molar-refractivity contribution in [2.75, 3.05) is 0 Å². The Morgan fingerprint density at radius 1 is 0.905 bits per heavy atom. The molecule has 0 bridgehead atoms. The summed E-state index contributed by atoms with van der Waals surface area (Å²) in [5, 5.41) is 2.97. The molecule has 0 saturated heterocycles. The largest absolute Gasteiger partial charge is 0.354 e. The third kappa shape index (κ3) is 6.30. The molecule has 0 unspecified atom stereocenters. The molecule has 21 heavy (non-hydrogen) atoms. The number of nitrogens with one attached hydrogen (secondary N) is 1. The monoisotopic (exact) mass is 284 g/mol. The molecule has 3 nitrogen and oxygen atoms in total. The first-order valence-electron chi connectivity index (χ1n) is 7.76. The Labute approximate surface area is 127 Å². The number of rotatable bonds is 9. The molecule has 1 N–H and O–H groups in total. The zero-order valence-corrected chi connectivity index (χ0v) is 12.5. The third-order valence-corrected chi connectivity index (χ3v) is 3.57. The van der Waals surface area contributed by atoms with Gasteiger partial charge in [-0.2, -0.15) is 0 Å². The van der Waals surface area contributed by atoms with Crippen molar-refractivity contribution in [3.8, 4) is 0 Å². The van der Waals surface area contributed by atoms with E-state index in [0.29, 0.717) is 13.0 Å². The van der Waals surface area contributed by atoms with Crippen LogP contribution in [0.15, 0.2) is 54.9 Å². The van der Waals surface area contributed by atoms with Crippen LogP contribution in [-0.4, -0.2) is 10.5 Å². The van der Waals surface area contributed by atoms with Gasteiger partial charge in [0.1, 0.15) is 0 Å². The van der Waals surface area contributed by atoms with E-state index in [0.717, 1.165) is 24.9 Å². The zero-order chi connectivity index (χ0) is 14.8. The molecule has 0 aliphatic heterocycles. The molecule has 0 saturated carbocycles. The number of nitrogens with zero attached hydrogens (tertiary/aromatic N) is 1. The zero-order valence-electron chi connectivity index (χ0n) is 12.5. The van der Waals surface area contributed by atoms with Crippen LogP contribution in [0, 0.1) is 0 Å². The van der Waals surface area contributed by atoms with E-state index in [9.17, 15) is 4.79 Å². The molecule has 1 amide bonds. The fourth-order valence-electron chi connectivity index (χ4n) is 2.34. The van der Waals surface area contributed by atoms with E-state index in [2.05, 4.69) is 34.4 Å². The lowest BCUT2D eigenvalue weighted by Crippen LogP contribution is -2.22. The van der Waals surface area contributed by atoms with Gasteiger partial charge in [-0.15, -0.1) is 0 Å². The highest BCUT2D eigenvalue weighted by Gasteiger charge is 2.01. The molecule has 0 fully saturated rings. The quantitative estimate of drug-likeness (QED) is 0.699. The van der Waals surface area contributed by atoms with Gasteiger partial charge in [-0.25, -0.2) is 0 Å². The minimum absolute atomic E-state index is 0.157. The van der Waals surface area contributed by atoms with Gasteiger partial charge in [-0.05, 0) is 30.5 Å². The summed E-state index contributed by atoms with van der Waals surface area (Å²) in [6, 6.07) is 14.1. The molecule has 112 valence electrons. The topological polar surface area (TPSA) is 34.0 Å². The average molecular weight is 284 g/mol. The number of carbonyl (C=O) groups excluding carboxylic acids is 1. The average Bonchev–Trinajstić information content (AvgIpc) is 3.03. The van der Waals surface area contributed by atoms with Crippen molar-refractivity contribution in [3.63, 3.8) is 0 Å². The molecule has 1 aromatic heterocycles. The summed E-state index contributed by atoms with van der Waals surface area (Å²) in [5.74, 6) is 0.157. The van der Waals surface area contributed by atoms with Crippen LogP contribution in [-0.2, 0) is 17.9 Å². The maximum Gasteiger partial charge on any atom is 0.220 e. The summed E-state index contributed by atoms with van der Waals surface area (Å²) in [6.45, 7) is 1.71. The van der Waals surface area contributed by atoms with Gasteiger partial charge in [0.25, 0.3) is 0 Å². The standard InChI is InChI=1S/C18H24N2O/c21-18(19-16-17-10-4-3-5-11-17)12-6-1-2-7-13-20-14-8-9-15-20/h3-5,8-11,14-15H,1-2,6-7,12-13,16H2,(H,19,21). The Hall–Kier alpha value is -2.03. The second-order valence-corrected chi connectivity index (χ2v) is 5.35. The predicted octanol–water partition coefficient (Wildman–Crippen LogP) is 3.76. The molecule has 1 aromatic carbocycles. The summed E-state index contributed by atoms with van der Waals surface area (Å²) >= 11 is 0. The molecule has 0 radical (unpaired) electrons. The lowest BCUT2D eigenvalue weighted by molar-refractivity contribution is -0.121. The summed E-state index contributed by atoms with van der Waals surface area (Å²) in [7, 11) is 0. The number of aromatic nitrogens is 1.